The van der Waals surface area contributed by atoms with Crippen LogP contribution < -0.4 is 4.90 Å². The number of esters is 1. The van der Waals surface area contributed by atoms with Gasteiger partial charge in [-0.3, -0.25) is 4.90 Å². The Kier molecular flexibility index (Phi) is 10.9. The summed E-state index contributed by atoms with van der Waals surface area (Å²) >= 11 is 0. The van der Waals surface area contributed by atoms with E-state index in [1.165, 1.54) is 17.6 Å². The summed E-state index contributed by atoms with van der Waals surface area (Å²) in [5, 5.41) is 14.8. The molecule has 2 aromatic rings. The fourth-order valence-corrected chi connectivity index (χ4v) is 4.08. The molecule has 36 heavy (non-hydrogen) atoms. The summed E-state index contributed by atoms with van der Waals surface area (Å²) in [6.45, 7) is 4.31. The normalized spacial score (nSPS) is 14.5. The second-order valence-electron chi connectivity index (χ2n) is 8.08. The fraction of sp³-hybridized carbons (Fsp3) is 0.385. The molecule has 3 rings (SSSR count). The third-order valence-corrected chi connectivity index (χ3v) is 5.88. The molecule has 2 N–H and O–H groups in total. The Morgan fingerprint density at radius 2 is 1.44 bits per heavy atom. The molecule has 10 nitrogen and oxygen atoms in total. The summed E-state index contributed by atoms with van der Waals surface area (Å²) in [6.07, 6.45) is 1.41. The first-order chi connectivity index (χ1) is 17.2. The van der Waals surface area contributed by atoms with E-state index in [-0.39, 0.29) is 6.61 Å². The average Bonchev–Trinajstić information content (AvgIpc) is 2.89. The molecule has 0 unspecified atom stereocenters. The van der Waals surface area contributed by atoms with Crippen molar-refractivity contribution >= 4 is 29.7 Å². The number of nitrogens with zero attached hydrogens (tertiary/aromatic N) is 2. The second kappa shape index (κ2) is 13.8. The van der Waals surface area contributed by atoms with E-state index in [0.29, 0.717) is 31.6 Å². The summed E-state index contributed by atoms with van der Waals surface area (Å²) in [5.41, 5.74) is 0.852. The Balaban J connectivity index is 0.000000678. The summed E-state index contributed by atoms with van der Waals surface area (Å²) in [5.74, 6) is -4.05. The molecular formula is C26H32N2O8. The minimum atomic E-state index is -1.82. The van der Waals surface area contributed by atoms with E-state index in [4.69, 9.17) is 29.3 Å². The zero-order valence-electron chi connectivity index (χ0n) is 20.5. The van der Waals surface area contributed by atoms with Crippen molar-refractivity contribution in [3.8, 4) is 0 Å². The van der Waals surface area contributed by atoms with Crippen LogP contribution in [0.5, 0.6) is 0 Å². The first kappa shape index (κ1) is 28.3. The summed E-state index contributed by atoms with van der Waals surface area (Å²) in [4.78, 5) is 48.0. The van der Waals surface area contributed by atoms with Crippen molar-refractivity contribution in [3.63, 3.8) is 0 Å². The Hall–Kier alpha value is -3.92. The highest BCUT2D eigenvalue weighted by Crippen LogP contribution is 2.35. The van der Waals surface area contributed by atoms with Crippen LogP contribution in [0.15, 0.2) is 60.7 Å². The van der Waals surface area contributed by atoms with E-state index < -0.39 is 29.5 Å². The number of para-hydroxylation sites is 1. The van der Waals surface area contributed by atoms with Crippen LogP contribution in [0.25, 0.3) is 0 Å². The molecular weight excluding hydrogens is 468 g/mol. The van der Waals surface area contributed by atoms with E-state index in [2.05, 4.69) is 17.0 Å². The lowest BCUT2D eigenvalue weighted by molar-refractivity contribution is -0.159. The second-order valence-corrected chi connectivity index (χ2v) is 8.08. The van der Waals surface area contributed by atoms with Gasteiger partial charge in [-0.2, -0.15) is 0 Å². The standard InChI is InChI=1S/C24H30N2O4.C2H2O4/c1-3-30-23(28)26(21-12-8-5-9-13-21)24(22(27)29-2)15-18-25(19-16-24)17-14-20-10-6-4-7-11-20;3-1(4)2(5)6/h4-13H,3,14-19H2,1-2H3;(H,3,4)(H,5,6). The molecule has 1 amide bonds. The number of benzene rings is 2. The van der Waals surface area contributed by atoms with Crippen LogP contribution in [0.4, 0.5) is 10.5 Å². The van der Waals surface area contributed by atoms with Crippen molar-refractivity contribution in [1.82, 2.24) is 4.90 Å². The van der Waals surface area contributed by atoms with Crippen molar-refractivity contribution in [2.75, 3.05) is 38.3 Å². The molecule has 0 radical (unpaired) electrons. The minimum Gasteiger partial charge on any atom is -0.473 e. The average molecular weight is 501 g/mol. The Morgan fingerprint density at radius 3 is 1.92 bits per heavy atom. The molecule has 1 aliphatic heterocycles. The summed E-state index contributed by atoms with van der Waals surface area (Å²) in [6, 6.07) is 19.6. The molecule has 0 bridgehead atoms. The topological polar surface area (TPSA) is 134 Å². The zero-order chi connectivity index (χ0) is 26.6. The highest BCUT2D eigenvalue weighted by atomic mass is 16.6. The Labute approximate surface area is 210 Å². The minimum absolute atomic E-state index is 0.239. The lowest BCUT2D eigenvalue weighted by Crippen LogP contribution is -2.63. The highest BCUT2D eigenvalue weighted by Gasteiger charge is 2.50. The lowest BCUT2D eigenvalue weighted by atomic mass is 9.85. The molecule has 10 heteroatoms. The summed E-state index contributed by atoms with van der Waals surface area (Å²) < 4.78 is 10.5. The molecule has 1 fully saturated rings. The van der Waals surface area contributed by atoms with Crippen LogP contribution >= 0.6 is 0 Å². The number of piperidine rings is 1. The smallest absolute Gasteiger partial charge is 0.415 e. The van der Waals surface area contributed by atoms with Crippen LogP contribution in [0.3, 0.4) is 0 Å². The number of likely N-dealkylation sites (tertiary alicyclic amines) is 1. The lowest BCUT2D eigenvalue weighted by Gasteiger charge is -2.45. The predicted molar refractivity (Wildman–Crippen MR) is 132 cm³/mol. The Bertz CT molecular complexity index is 993. The van der Waals surface area contributed by atoms with E-state index in [0.717, 1.165) is 13.0 Å². The van der Waals surface area contributed by atoms with Crippen LogP contribution in [-0.4, -0.2) is 78.0 Å². The molecule has 0 aromatic heterocycles. The van der Waals surface area contributed by atoms with Crippen molar-refractivity contribution in [1.29, 1.82) is 0 Å². The van der Waals surface area contributed by atoms with Crippen molar-refractivity contribution in [3.05, 3.63) is 66.2 Å². The third-order valence-electron chi connectivity index (χ3n) is 5.88. The first-order valence-corrected chi connectivity index (χ1v) is 11.6. The van der Waals surface area contributed by atoms with Gasteiger partial charge in [-0.15, -0.1) is 0 Å². The third kappa shape index (κ3) is 7.54. The van der Waals surface area contributed by atoms with Crippen LogP contribution in [-0.2, 0) is 30.3 Å². The number of hydrogen-bond acceptors (Lipinski definition) is 7. The monoisotopic (exact) mass is 500 g/mol. The van der Waals surface area contributed by atoms with Gasteiger partial charge in [0.05, 0.1) is 13.7 Å². The molecule has 0 saturated carbocycles. The first-order valence-electron chi connectivity index (χ1n) is 11.6. The molecule has 194 valence electrons. The number of anilines is 1. The fourth-order valence-electron chi connectivity index (χ4n) is 4.08. The molecule has 0 atom stereocenters. The van der Waals surface area contributed by atoms with Crippen molar-refractivity contribution < 1.29 is 38.9 Å². The maximum atomic E-state index is 13.0. The highest BCUT2D eigenvalue weighted by molar-refractivity contribution is 6.27. The largest absolute Gasteiger partial charge is 0.473 e. The van der Waals surface area contributed by atoms with Gasteiger partial charge in [0.25, 0.3) is 0 Å². The number of methoxy groups -OCH3 is 1. The maximum absolute atomic E-state index is 13.0. The van der Waals surface area contributed by atoms with E-state index in [1.54, 1.807) is 6.92 Å². The maximum Gasteiger partial charge on any atom is 0.415 e. The molecule has 0 aliphatic carbocycles. The number of carboxylic acids is 2. The number of aliphatic carboxylic acids is 2. The molecule has 1 saturated heterocycles. The van der Waals surface area contributed by atoms with Crippen LogP contribution in [0, 0.1) is 0 Å². The number of hydrogen-bond donors (Lipinski definition) is 2. The van der Waals surface area contributed by atoms with Gasteiger partial charge in [0.1, 0.15) is 0 Å². The van der Waals surface area contributed by atoms with E-state index >= 15 is 0 Å². The van der Waals surface area contributed by atoms with Gasteiger partial charge in [-0.05, 0) is 43.9 Å². The van der Waals surface area contributed by atoms with Gasteiger partial charge in [0.15, 0.2) is 5.54 Å². The number of carbonyl (C=O) groups is 4. The summed E-state index contributed by atoms with van der Waals surface area (Å²) in [7, 11) is 1.38. The van der Waals surface area contributed by atoms with E-state index in [9.17, 15) is 9.59 Å². The predicted octanol–water partition coefficient (Wildman–Crippen LogP) is 3.06. The van der Waals surface area contributed by atoms with Crippen molar-refractivity contribution in [2.24, 2.45) is 0 Å². The van der Waals surface area contributed by atoms with Crippen molar-refractivity contribution in [2.45, 2.75) is 31.7 Å². The number of rotatable bonds is 7. The van der Waals surface area contributed by atoms with Crippen LogP contribution in [0.2, 0.25) is 0 Å². The zero-order valence-corrected chi connectivity index (χ0v) is 20.5. The molecule has 1 aliphatic rings. The van der Waals surface area contributed by atoms with Gasteiger partial charge in [-0.1, -0.05) is 48.5 Å². The SMILES string of the molecule is CCOC(=O)N(c1ccccc1)C1(C(=O)OC)CCN(CCc2ccccc2)CC1.O=C(O)C(=O)O. The van der Waals surface area contributed by atoms with Gasteiger partial charge < -0.3 is 24.6 Å². The number of amides is 1. The molecule has 1 heterocycles. The van der Waals surface area contributed by atoms with Gasteiger partial charge in [0, 0.05) is 25.3 Å². The molecule has 0 spiro atoms. The quantitative estimate of drug-likeness (QED) is 0.434. The number of carboxylic acid groups (broad SMARTS) is 2. The number of ether oxygens (including phenoxy) is 2. The van der Waals surface area contributed by atoms with Gasteiger partial charge in [0.2, 0.25) is 0 Å². The van der Waals surface area contributed by atoms with Gasteiger partial charge in [-0.25, -0.2) is 19.2 Å². The van der Waals surface area contributed by atoms with Crippen LogP contribution in [0.1, 0.15) is 25.3 Å². The number of carbonyl (C=O) groups excluding carboxylic acids is 2. The molecule has 2 aromatic carbocycles. The Morgan fingerprint density at radius 1 is 0.917 bits per heavy atom. The van der Waals surface area contributed by atoms with E-state index in [1.807, 2.05) is 48.5 Å². The van der Waals surface area contributed by atoms with Gasteiger partial charge >= 0.3 is 24.0 Å².